The highest BCUT2D eigenvalue weighted by Gasteiger charge is 2.21. The Morgan fingerprint density at radius 1 is 1.17 bits per heavy atom. The van der Waals surface area contributed by atoms with Crippen molar-refractivity contribution < 1.29 is 14.3 Å². The average Bonchev–Trinajstić information content (AvgIpc) is 3.20. The van der Waals surface area contributed by atoms with Gasteiger partial charge in [-0.2, -0.15) is 0 Å². The third-order valence-corrected chi connectivity index (χ3v) is 5.32. The smallest absolute Gasteiger partial charge is 0.300 e. The molecule has 0 spiro atoms. The fourth-order valence-corrected chi connectivity index (χ4v) is 3.80. The van der Waals surface area contributed by atoms with Crippen LogP contribution in [0, 0.1) is 16.0 Å². The van der Waals surface area contributed by atoms with Crippen molar-refractivity contribution in [2.75, 3.05) is 44.6 Å². The lowest BCUT2D eigenvalue weighted by atomic mass is 10.1. The van der Waals surface area contributed by atoms with E-state index < -0.39 is 4.92 Å². The topological polar surface area (TPSA) is 118 Å². The molecule has 0 radical (unpaired) electrons. The standard InChI is InChI=1S/C20H30N6O4/c1-15(2)14-24-10-12-25(13-11-24)18(27)6-4-3-5-9-21-16-7-8-17(26(28)29)20-19(16)22-30-23-20/h7-8,15,21H,3-6,9-14H2,1-2H3. The van der Waals surface area contributed by atoms with Crippen molar-refractivity contribution >= 4 is 28.3 Å². The number of piperazine rings is 1. The van der Waals surface area contributed by atoms with Gasteiger partial charge in [-0.05, 0) is 35.1 Å². The predicted octanol–water partition coefficient (Wildman–Crippen LogP) is 2.90. The van der Waals surface area contributed by atoms with Gasteiger partial charge in [0.15, 0.2) is 5.52 Å². The Kier molecular flexibility index (Phi) is 7.56. The maximum Gasteiger partial charge on any atom is 0.300 e. The number of hydrogen-bond acceptors (Lipinski definition) is 8. The lowest BCUT2D eigenvalue weighted by molar-refractivity contribution is -0.383. The normalized spacial score (nSPS) is 15.1. The summed E-state index contributed by atoms with van der Waals surface area (Å²) < 4.78 is 4.66. The van der Waals surface area contributed by atoms with E-state index in [1.165, 1.54) is 6.07 Å². The summed E-state index contributed by atoms with van der Waals surface area (Å²) >= 11 is 0. The Morgan fingerprint density at radius 3 is 2.60 bits per heavy atom. The summed E-state index contributed by atoms with van der Waals surface area (Å²) in [7, 11) is 0. The molecule has 3 rings (SSSR count). The second-order valence-corrected chi connectivity index (χ2v) is 8.16. The summed E-state index contributed by atoms with van der Waals surface area (Å²) in [5.74, 6) is 0.904. The monoisotopic (exact) mass is 418 g/mol. The van der Waals surface area contributed by atoms with Gasteiger partial charge in [0.05, 0.1) is 10.6 Å². The lowest BCUT2D eigenvalue weighted by Crippen LogP contribution is -2.49. The van der Waals surface area contributed by atoms with Crippen LogP contribution in [0.3, 0.4) is 0 Å². The van der Waals surface area contributed by atoms with Crippen LogP contribution in [0.2, 0.25) is 0 Å². The molecule has 10 nitrogen and oxygen atoms in total. The van der Waals surface area contributed by atoms with Crippen LogP contribution in [0.1, 0.15) is 39.5 Å². The number of hydrogen-bond donors (Lipinski definition) is 1. The highest BCUT2D eigenvalue weighted by atomic mass is 16.6. The quantitative estimate of drug-likeness (QED) is 0.355. The molecule has 1 aromatic carbocycles. The van der Waals surface area contributed by atoms with Gasteiger partial charge in [-0.25, -0.2) is 4.63 Å². The number of benzene rings is 1. The molecule has 2 heterocycles. The van der Waals surface area contributed by atoms with Crippen LogP contribution in [0.15, 0.2) is 16.8 Å². The summed E-state index contributed by atoms with van der Waals surface area (Å²) in [6.07, 6.45) is 3.26. The Balaban J connectivity index is 1.34. The Labute approximate surface area is 175 Å². The number of nitrogens with zero attached hydrogens (tertiary/aromatic N) is 5. The molecular formula is C20H30N6O4. The molecule has 10 heteroatoms. The van der Waals surface area contributed by atoms with Gasteiger partial charge in [0, 0.05) is 51.8 Å². The van der Waals surface area contributed by atoms with Crippen molar-refractivity contribution in [3.05, 3.63) is 22.2 Å². The van der Waals surface area contributed by atoms with Crippen LogP contribution >= 0.6 is 0 Å². The van der Waals surface area contributed by atoms with Crippen LogP contribution < -0.4 is 5.32 Å². The summed E-state index contributed by atoms with van der Waals surface area (Å²) in [6.45, 7) is 9.81. The molecule has 0 bridgehead atoms. The van der Waals surface area contributed by atoms with E-state index in [1.54, 1.807) is 6.07 Å². The number of fused-ring (bicyclic) bond motifs is 1. The van der Waals surface area contributed by atoms with Crippen molar-refractivity contribution in [1.82, 2.24) is 20.1 Å². The number of aromatic nitrogens is 2. The molecule has 30 heavy (non-hydrogen) atoms. The van der Waals surface area contributed by atoms with Gasteiger partial charge in [0.2, 0.25) is 11.4 Å². The molecule has 0 saturated carbocycles. The minimum absolute atomic E-state index is 0.125. The lowest BCUT2D eigenvalue weighted by Gasteiger charge is -2.35. The highest BCUT2D eigenvalue weighted by Crippen LogP contribution is 2.28. The molecule has 164 valence electrons. The number of anilines is 1. The van der Waals surface area contributed by atoms with Gasteiger partial charge in [-0.15, -0.1) is 0 Å². The Hall–Kier alpha value is -2.75. The first-order valence-electron chi connectivity index (χ1n) is 10.6. The molecule has 1 aromatic heterocycles. The summed E-state index contributed by atoms with van der Waals surface area (Å²) in [6, 6.07) is 3.02. The predicted molar refractivity (Wildman–Crippen MR) is 113 cm³/mol. The molecule has 1 aliphatic heterocycles. The van der Waals surface area contributed by atoms with Gasteiger partial charge >= 0.3 is 5.69 Å². The maximum atomic E-state index is 12.4. The van der Waals surface area contributed by atoms with E-state index in [0.717, 1.165) is 52.0 Å². The number of rotatable bonds is 10. The number of amides is 1. The van der Waals surface area contributed by atoms with Crippen LogP contribution in [0.25, 0.3) is 11.0 Å². The maximum absolute atomic E-state index is 12.4. The zero-order valence-electron chi connectivity index (χ0n) is 17.7. The molecule has 2 aromatic rings. The molecule has 1 fully saturated rings. The largest absolute Gasteiger partial charge is 0.383 e. The molecule has 0 aliphatic carbocycles. The van der Waals surface area contributed by atoms with Crippen molar-refractivity contribution in [1.29, 1.82) is 0 Å². The fourth-order valence-electron chi connectivity index (χ4n) is 3.80. The van der Waals surface area contributed by atoms with Crippen molar-refractivity contribution in [2.24, 2.45) is 5.92 Å². The van der Waals surface area contributed by atoms with Gasteiger partial charge in [-0.3, -0.25) is 19.8 Å². The van der Waals surface area contributed by atoms with Gasteiger partial charge < -0.3 is 10.2 Å². The first-order valence-corrected chi connectivity index (χ1v) is 10.6. The minimum atomic E-state index is -0.502. The van der Waals surface area contributed by atoms with E-state index in [1.807, 2.05) is 4.90 Å². The number of non-ortho nitro benzene ring substituents is 1. The van der Waals surface area contributed by atoms with Crippen molar-refractivity contribution in [3.63, 3.8) is 0 Å². The number of unbranched alkanes of at least 4 members (excludes halogenated alkanes) is 2. The second kappa shape index (κ2) is 10.3. The van der Waals surface area contributed by atoms with Gasteiger partial charge in [-0.1, -0.05) is 20.3 Å². The van der Waals surface area contributed by atoms with Gasteiger partial charge in [0.1, 0.15) is 0 Å². The van der Waals surface area contributed by atoms with E-state index in [4.69, 9.17) is 0 Å². The SMILES string of the molecule is CC(C)CN1CCN(C(=O)CCCCCNc2ccc([N+](=O)[O-])c3nonc23)CC1. The highest BCUT2D eigenvalue weighted by molar-refractivity contribution is 5.93. The van der Waals surface area contributed by atoms with E-state index in [-0.39, 0.29) is 17.1 Å². The summed E-state index contributed by atoms with van der Waals surface area (Å²) in [4.78, 5) is 27.3. The second-order valence-electron chi connectivity index (χ2n) is 8.16. The van der Waals surface area contributed by atoms with E-state index in [9.17, 15) is 14.9 Å². The summed E-state index contributed by atoms with van der Waals surface area (Å²) in [5.41, 5.74) is 1.03. The van der Waals surface area contributed by atoms with Crippen LogP contribution in [-0.2, 0) is 4.79 Å². The number of carbonyl (C=O) groups is 1. The Bertz CT molecular complexity index is 860. The number of nitro benzene ring substituents is 1. The van der Waals surface area contributed by atoms with Gasteiger partial charge in [0.25, 0.3) is 0 Å². The van der Waals surface area contributed by atoms with E-state index >= 15 is 0 Å². The molecule has 1 aliphatic rings. The van der Waals surface area contributed by atoms with E-state index in [0.29, 0.717) is 30.1 Å². The Morgan fingerprint density at radius 2 is 1.90 bits per heavy atom. The van der Waals surface area contributed by atoms with Crippen molar-refractivity contribution in [2.45, 2.75) is 39.5 Å². The molecule has 1 N–H and O–H groups in total. The number of carbonyl (C=O) groups excluding carboxylic acids is 1. The van der Waals surface area contributed by atoms with E-state index in [2.05, 4.69) is 39.0 Å². The first kappa shape index (κ1) is 21.9. The first-order chi connectivity index (χ1) is 14.5. The number of nitro groups is 1. The molecule has 1 saturated heterocycles. The molecule has 0 unspecified atom stereocenters. The third kappa shape index (κ3) is 5.65. The third-order valence-electron chi connectivity index (χ3n) is 5.32. The average molecular weight is 418 g/mol. The zero-order valence-corrected chi connectivity index (χ0v) is 17.7. The fraction of sp³-hybridized carbons (Fsp3) is 0.650. The molecule has 1 amide bonds. The zero-order chi connectivity index (χ0) is 21.5. The van der Waals surface area contributed by atoms with Crippen molar-refractivity contribution in [3.8, 4) is 0 Å². The number of nitrogens with one attached hydrogen (secondary N) is 1. The van der Waals surface area contributed by atoms with Crippen LogP contribution in [-0.4, -0.2) is 70.2 Å². The molecular weight excluding hydrogens is 388 g/mol. The van der Waals surface area contributed by atoms with Crippen LogP contribution in [0.5, 0.6) is 0 Å². The van der Waals surface area contributed by atoms with Crippen LogP contribution in [0.4, 0.5) is 11.4 Å². The molecule has 0 atom stereocenters. The summed E-state index contributed by atoms with van der Waals surface area (Å²) in [5, 5.41) is 21.6. The minimum Gasteiger partial charge on any atom is -0.383 e.